The number of nitrogens with one attached hydrogen (secondary N) is 2. The third kappa shape index (κ3) is 7.89. The highest BCUT2D eigenvalue weighted by atomic mass is 79.9. The van der Waals surface area contributed by atoms with Crippen LogP contribution in [-0.4, -0.2) is 52.1 Å². The Hall–Kier alpha value is -3.24. The summed E-state index contributed by atoms with van der Waals surface area (Å²) in [6.45, 7) is 7.39. The van der Waals surface area contributed by atoms with E-state index in [1.807, 2.05) is 40.0 Å². The number of hydrogen-bond donors (Lipinski definition) is 2. The van der Waals surface area contributed by atoms with Crippen LogP contribution in [0.2, 0.25) is 5.02 Å². The number of nitrogens with zero attached hydrogens (tertiary/aromatic N) is 3. The molecule has 3 amide bonds. The molecule has 3 aromatic rings. The van der Waals surface area contributed by atoms with Gasteiger partial charge in [-0.2, -0.15) is 5.10 Å². The lowest BCUT2D eigenvalue weighted by Gasteiger charge is -2.33. The normalized spacial score (nSPS) is 14.2. The number of piperidine rings is 1. The first kappa shape index (κ1) is 28.8. The molecular formula is C28H33BrClN5O4. The number of benzene rings is 2. The minimum absolute atomic E-state index is 0.270. The lowest BCUT2D eigenvalue weighted by Crippen LogP contribution is -2.42. The number of aryl methyl sites for hydroxylation is 1. The second-order valence-electron chi connectivity index (χ2n) is 10.5. The quantitative estimate of drug-likeness (QED) is 0.305. The van der Waals surface area contributed by atoms with Crippen LogP contribution in [-0.2, 0) is 11.8 Å². The van der Waals surface area contributed by atoms with Gasteiger partial charge in [0.05, 0.1) is 23.0 Å². The Morgan fingerprint density at radius 1 is 1.08 bits per heavy atom. The zero-order chi connectivity index (χ0) is 28.2. The first-order valence-electron chi connectivity index (χ1n) is 12.7. The van der Waals surface area contributed by atoms with E-state index >= 15 is 0 Å². The van der Waals surface area contributed by atoms with Crippen LogP contribution in [0.15, 0.2) is 53.1 Å². The van der Waals surface area contributed by atoms with Crippen LogP contribution in [0, 0.1) is 5.92 Å². The van der Waals surface area contributed by atoms with Gasteiger partial charge in [-0.25, -0.2) is 9.59 Å². The van der Waals surface area contributed by atoms with Crippen molar-refractivity contribution in [1.82, 2.24) is 14.7 Å². The Labute approximate surface area is 241 Å². The molecule has 1 aliphatic heterocycles. The van der Waals surface area contributed by atoms with E-state index in [-0.39, 0.29) is 12.1 Å². The molecule has 4 rings (SSSR count). The summed E-state index contributed by atoms with van der Waals surface area (Å²) in [6.07, 6.45) is 3.11. The summed E-state index contributed by atoms with van der Waals surface area (Å²) in [5.74, 6) is 0.979. The van der Waals surface area contributed by atoms with Crippen molar-refractivity contribution in [3.8, 4) is 17.0 Å². The molecule has 9 nitrogen and oxygen atoms in total. The van der Waals surface area contributed by atoms with Crippen molar-refractivity contribution in [1.29, 1.82) is 0 Å². The second-order valence-corrected chi connectivity index (χ2v) is 11.8. The lowest BCUT2D eigenvalue weighted by molar-refractivity contribution is 0.0165. The van der Waals surface area contributed by atoms with E-state index in [1.165, 1.54) is 0 Å². The number of likely N-dealkylation sites (tertiary alicyclic amines) is 1. The van der Waals surface area contributed by atoms with Gasteiger partial charge >= 0.3 is 12.1 Å². The minimum atomic E-state index is -0.509. The molecular weight excluding hydrogens is 586 g/mol. The van der Waals surface area contributed by atoms with E-state index in [4.69, 9.17) is 21.1 Å². The van der Waals surface area contributed by atoms with E-state index in [1.54, 1.807) is 46.1 Å². The average molecular weight is 619 g/mol. The summed E-state index contributed by atoms with van der Waals surface area (Å²) in [4.78, 5) is 26.8. The Kier molecular flexibility index (Phi) is 9.07. The van der Waals surface area contributed by atoms with E-state index in [9.17, 15) is 9.59 Å². The number of hydrogen-bond acceptors (Lipinski definition) is 5. The molecule has 2 heterocycles. The monoisotopic (exact) mass is 617 g/mol. The zero-order valence-electron chi connectivity index (χ0n) is 22.5. The molecule has 0 unspecified atom stereocenters. The molecule has 2 aromatic carbocycles. The van der Waals surface area contributed by atoms with Crippen LogP contribution < -0.4 is 15.4 Å². The predicted octanol–water partition coefficient (Wildman–Crippen LogP) is 7.17. The van der Waals surface area contributed by atoms with Crippen molar-refractivity contribution in [2.24, 2.45) is 13.0 Å². The van der Waals surface area contributed by atoms with Gasteiger partial charge in [0.25, 0.3) is 0 Å². The molecule has 1 fully saturated rings. The van der Waals surface area contributed by atoms with Crippen LogP contribution >= 0.6 is 27.5 Å². The fourth-order valence-electron chi connectivity index (χ4n) is 4.28. The Morgan fingerprint density at radius 3 is 2.33 bits per heavy atom. The van der Waals surface area contributed by atoms with Crippen molar-refractivity contribution in [2.75, 3.05) is 30.3 Å². The Bertz CT molecular complexity index is 1290. The van der Waals surface area contributed by atoms with E-state index in [0.29, 0.717) is 47.8 Å². The number of amides is 3. The number of rotatable bonds is 6. The number of carbonyl (C=O) groups excluding carboxylic acids is 2. The second kappa shape index (κ2) is 12.3. The molecule has 0 bridgehead atoms. The minimum Gasteiger partial charge on any atom is -0.493 e. The average Bonchev–Trinajstić information content (AvgIpc) is 3.21. The van der Waals surface area contributed by atoms with Crippen LogP contribution in [0.25, 0.3) is 11.3 Å². The van der Waals surface area contributed by atoms with Gasteiger partial charge in [-0.3, -0.25) is 4.68 Å². The first-order valence-corrected chi connectivity index (χ1v) is 13.9. The number of carbonyl (C=O) groups is 2. The molecule has 2 N–H and O–H groups in total. The van der Waals surface area contributed by atoms with Gasteiger partial charge < -0.3 is 25.0 Å². The summed E-state index contributed by atoms with van der Waals surface area (Å²) < 4.78 is 14.4. The highest BCUT2D eigenvalue weighted by Gasteiger charge is 2.27. The molecule has 39 heavy (non-hydrogen) atoms. The fourth-order valence-corrected chi connectivity index (χ4v) is 4.96. The maximum atomic E-state index is 12.6. The first-order chi connectivity index (χ1) is 18.5. The van der Waals surface area contributed by atoms with Crippen LogP contribution in [0.5, 0.6) is 5.75 Å². The number of urea groups is 1. The number of ether oxygens (including phenoxy) is 2. The van der Waals surface area contributed by atoms with E-state index in [0.717, 1.165) is 28.6 Å². The maximum Gasteiger partial charge on any atom is 0.410 e. The standard InChI is InChI=1S/C28H33BrClN5O4/c1-28(2,3)39-27(37)35-13-11-18(12-14-35)17-38-24-10-9-21(15-22(24)25-23(29)16-31-34(25)4)33-26(36)32-20-7-5-19(30)6-8-20/h5-10,15-16,18H,11-14,17H2,1-4H3,(H2,32,33,36). The van der Waals surface area contributed by atoms with Crippen molar-refractivity contribution >= 4 is 51.0 Å². The number of halogens is 2. The smallest absolute Gasteiger partial charge is 0.410 e. The van der Waals surface area contributed by atoms with Gasteiger partial charge in [0.15, 0.2) is 0 Å². The number of anilines is 2. The zero-order valence-corrected chi connectivity index (χ0v) is 24.8. The molecule has 0 saturated carbocycles. The molecule has 11 heteroatoms. The summed E-state index contributed by atoms with van der Waals surface area (Å²) >= 11 is 9.51. The Morgan fingerprint density at radius 2 is 1.72 bits per heavy atom. The molecule has 1 aromatic heterocycles. The van der Waals surface area contributed by atoms with Crippen LogP contribution in [0.4, 0.5) is 21.0 Å². The third-order valence-corrected chi connectivity index (χ3v) is 7.06. The molecule has 0 atom stereocenters. The van der Waals surface area contributed by atoms with Crippen LogP contribution in [0.1, 0.15) is 33.6 Å². The third-order valence-electron chi connectivity index (χ3n) is 6.23. The van der Waals surface area contributed by atoms with Crippen molar-refractivity contribution in [3.05, 3.63) is 58.2 Å². The van der Waals surface area contributed by atoms with Gasteiger partial charge in [-0.1, -0.05) is 11.6 Å². The summed E-state index contributed by atoms with van der Waals surface area (Å²) in [6, 6.07) is 12.0. The molecule has 208 valence electrons. The Balaban J connectivity index is 1.43. The van der Waals surface area contributed by atoms with Crippen molar-refractivity contribution < 1.29 is 19.1 Å². The summed E-state index contributed by atoms with van der Waals surface area (Å²) in [5.41, 5.74) is 2.33. The fraction of sp³-hybridized carbons (Fsp3) is 0.393. The molecule has 1 saturated heterocycles. The number of aromatic nitrogens is 2. The predicted molar refractivity (Wildman–Crippen MR) is 156 cm³/mol. The maximum absolute atomic E-state index is 12.6. The van der Waals surface area contributed by atoms with Gasteiger partial charge in [0, 0.05) is 42.1 Å². The highest BCUT2D eigenvalue weighted by Crippen LogP contribution is 2.37. The summed E-state index contributed by atoms with van der Waals surface area (Å²) in [7, 11) is 1.85. The molecule has 0 aliphatic carbocycles. The van der Waals surface area contributed by atoms with E-state index in [2.05, 4.69) is 31.7 Å². The molecule has 0 spiro atoms. The SMILES string of the molecule is Cn1ncc(Br)c1-c1cc(NC(=O)Nc2ccc(Cl)cc2)ccc1OCC1CCN(C(=O)OC(C)(C)C)CC1. The van der Waals surface area contributed by atoms with Crippen molar-refractivity contribution in [3.63, 3.8) is 0 Å². The summed E-state index contributed by atoms with van der Waals surface area (Å²) in [5, 5.41) is 10.6. The molecule has 0 radical (unpaired) electrons. The highest BCUT2D eigenvalue weighted by molar-refractivity contribution is 9.10. The van der Waals surface area contributed by atoms with Gasteiger partial charge in [0.1, 0.15) is 11.4 Å². The van der Waals surface area contributed by atoms with Gasteiger partial charge in [-0.05, 0) is 97.9 Å². The lowest BCUT2D eigenvalue weighted by atomic mass is 9.98. The van der Waals surface area contributed by atoms with Gasteiger partial charge in [-0.15, -0.1) is 0 Å². The molecule has 1 aliphatic rings. The van der Waals surface area contributed by atoms with Gasteiger partial charge in [0.2, 0.25) is 0 Å². The van der Waals surface area contributed by atoms with Crippen molar-refractivity contribution in [2.45, 2.75) is 39.2 Å². The largest absolute Gasteiger partial charge is 0.493 e. The van der Waals surface area contributed by atoms with E-state index < -0.39 is 5.60 Å². The van der Waals surface area contributed by atoms with Crippen LogP contribution in [0.3, 0.4) is 0 Å². The topological polar surface area (TPSA) is 97.7 Å².